The Morgan fingerprint density at radius 1 is 0.833 bits per heavy atom. The SMILES string of the molecule is CC(C)(C)O[C@H]1OC(C(C)(C)C)[C@@H](O)C(O)C1O. The maximum Gasteiger partial charge on any atom is 0.187 e. The second-order valence-corrected chi connectivity index (χ2v) is 6.99. The molecule has 0 aliphatic carbocycles. The van der Waals surface area contributed by atoms with Crippen molar-refractivity contribution in [3.8, 4) is 0 Å². The summed E-state index contributed by atoms with van der Waals surface area (Å²) < 4.78 is 11.2. The number of rotatable bonds is 1. The minimum Gasteiger partial charge on any atom is -0.388 e. The molecule has 0 bridgehead atoms. The summed E-state index contributed by atoms with van der Waals surface area (Å²) in [7, 11) is 0. The highest BCUT2D eigenvalue weighted by atomic mass is 16.7. The van der Waals surface area contributed by atoms with E-state index in [4.69, 9.17) is 9.47 Å². The molecule has 0 amide bonds. The van der Waals surface area contributed by atoms with Gasteiger partial charge in [0.15, 0.2) is 6.29 Å². The summed E-state index contributed by atoms with van der Waals surface area (Å²) in [6, 6.07) is 0. The van der Waals surface area contributed by atoms with E-state index in [2.05, 4.69) is 0 Å². The summed E-state index contributed by atoms with van der Waals surface area (Å²) in [6.07, 6.45) is -5.18. The Labute approximate surface area is 109 Å². The molecule has 18 heavy (non-hydrogen) atoms. The van der Waals surface area contributed by atoms with Crippen molar-refractivity contribution in [2.45, 2.75) is 77.8 Å². The van der Waals surface area contributed by atoms with Gasteiger partial charge < -0.3 is 24.8 Å². The average molecular weight is 262 g/mol. The molecule has 3 unspecified atom stereocenters. The van der Waals surface area contributed by atoms with Gasteiger partial charge in [-0.1, -0.05) is 20.8 Å². The second-order valence-electron chi connectivity index (χ2n) is 6.99. The predicted molar refractivity (Wildman–Crippen MR) is 67.0 cm³/mol. The molecule has 5 atom stereocenters. The summed E-state index contributed by atoms with van der Waals surface area (Å²) in [4.78, 5) is 0. The number of ether oxygens (including phenoxy) is 2. The third-order valence-corrected chi connectivity index (χ3v) is 2.89. The highest BCUT2D eigenvalue weighted by Gasteiger charge is 2.49. The molecule has 108 valence electrons. The number of aliphatic hydroxyl groups is 3. The molecule has 0 radical (unpaired) electrons. The van der Waals surface area contributed by atoms with Gasteiger partial charge in [-0.25, -0.2) is 0 Å². The largest absolute Gasteiger partial charge is 0.388 e. The summed E-state index contributed by atoms with van der Waals surface area (Å²) >= 11 is 0. The van der Waals surface area contributed by atoms with Crippen LogP contribution >= 0.6 is 0 Å². The van der Waals surface area contributed by atoms with Crippen LogP contribution in [0.15, 0.2) is 0 Å². The molecule has 0 aromatic carbocycles. The Morgan fingerprint density at radius 3 is 1.72 bits per heavy atom. The zero-order chi connectivity index (χ0) is 14.3. The van der Waals surface area contributed by atoms with E-state index in [1.54, 1.807) is 0 Å². The topological polar surface area (TPSA) is 79.2 Å². The van der Waals surface area contributed by atoms with Gasteiger partial charge in [-0.2, -0.15) is 0 Å². The van der Waals surface area contributed by atoms with E-state index in [-0.39, 0.29) is 5.41 Å². The molecule has 1 aliphatic heterocycles. The fourth-order valence-corrected chi connectivity index (χ4v) is 2.01. The van der Waals surface area contributed by atoms with Crippen LogP contribution in [0.1, 0.15) is 41.5 Å². The molecule has 1 aliphatic rings. The monoisotopic (exact) mass is 262 g/mol. The van der Waals surface area contributed by atoms with E-state index in [0.29, 0.717) is 0 Å². The van der Waals surface area contributed by atoms with Crippen molar-refractivity contribution >= 4 is 0 Å². The van der Waals surface area contributed by atoms with Crippen LogP contribution in [0.5, 0.6) is 0 Å². The lowest BCUT2D eigenvalue weighted by molar-refractivity contribution is -0.330. The van der Waals surface area contributed by atoms with Crippen LogP contribution in [0.4, 0.5) is 0 Å². The molecule has 1 rings (SSSR count). The van der Waals surface area contributed by atoms with Crippen molar-refractivity contribution in [1.29, 1.82) is 0 Å². The van der Waals surface area contributed by atoms with Gasteiger partial charge in [0.25, 0.3) is 0 Å². The molecule has 1 fully saturated rings. The second kappa shape index (κ2) is 5.06. The Hall–Kier alpha value is -0.200. The fraction of sp³-hybridized carbons (Fsp3) is 1.00. The smallest absolute Gasteiger partial charge is 0.187 e. The van der Waals surface area contributed by atoms with E-state index in [1.165, 1.54) is 0 Å². The molecule has 0 spiro atoms. The van der Waals surface area contributed by atoms with Crippen LogP contribution in [0.2, 0.25) is 0 Å². The first kappa shape index (κ1) is 15.9. The zero-order valence-electron chi connectivity index (χ0n) is 12.0. The van der Waals surface area contributed by atoms with Gasteiger partial charge in [-0.15, -0.1) is 0 Å². The first-order valence-electron chi connectivity index (χ1n) is 6.31. The molecule has 0 aromatic heterocycles. The van der Waals surface area contributed by atoms with Crippen molar-refractivity contribution in [3.05, 3.63) is 0 Å². The van der Waals surface area contributed by atoms with E-state index >= 15 is 0 Å². The molecule has 3 N–H and O–H groups in total. The van der Waals surface area contributed by atoms with Crippen LogP contribution in [0.25, 0.3) is 0 Å². The standard InChI is InChI=1S/C13H26O5/c1-12(2,3)10-8(15)7(14)9(16)11(17-10)18-13(4,5)6/h7-11,14-16H,1-6H3/t7?,8-,9?,10?,11+/m0/s1. The van der Waals surface area contributed by atoms with Crippen LogP contribution in [-0.4, -0.2) is 51.6 Å². The van der Waals surface area contributed by atoms with Gasteiger partial charge in [-0.05, 0) is 26.2 Å². The number of hydrogen-bond acceptors (Lipinski definition) is 5. The van der Waals surface area contributed by atoms with E-state index in [0.717, 1.165) is 0 Å². The third kappa shape index (κ3) is 3.65. The van der Waals surface area contributed by atoms with Gasteiger partial charge in [-0.3, -0.25) is 0 Å². The number of hydrogen-bond donors (Lipinski definition) is 3. The van der Waals surface area contributed by atoms with Gasteiger partial charge >= 0.3 is 0 Å². The minimum absolute atomic E-state index is 0.361. The van der Waals surface area contributed by atoms with Gasteiger partial charge in [0.1, 0.15) is 18.3 Å². The van der Waals surface area contributed by atoms with Crippen molar-refractivity contribution < 1.29 is 24.8 Å². The van der Waals surface area contributed by atoms with E-state index in [9.17, 15) is 15.3 Å². The van der Waals surface area contributed by atoms with Crippen LogP contribution in [0.3, 0.4) is 0 Å². The fourth-order valence-electron chi connectivity index (χ4n) is 2.01. The molecule has 5 heteroatoms. The summed E-state index contributed by atoms with van der Waals surface area (Å²) in [6.45, 7) is 11.2. The third-order valence-electron chi connectivity index (χ3n) is 2.89. The van der Waals surface area contributed by atoms with Crippen LogP contribution < -0.4 is 0 Å². The van der Waals surface area contributed by atoms with Gasteiger partial charge in [0, 0.05) is 0 Å². The van der Waals surface area contributed by atoms with Crippen molar-refractivity contribution in [2.24, 2.45) is 5.41 Å². The molecule has 0 aromatic rings. The van der Waals surface area contributed by atoms with Crippen LogP contribution in [-0.2, 0) is 9.47 Å². The Kier molecular flexibility index (Phi) is 4.45. The van der Waals surface area contributed by atoms with Gasteiger partial charge in [0.05, 0.1) is 11.7 Å². The molecular weight excluding hydrogens is 236 g/mol. The molecular formula is C13H26O5. The molecule has 0 saturated carbocycles. The van der Waals surface area contributed by atoms with Gasteiger partial charge in [0.2, 0.25) is 0 Å². The summed E-state index contributed by atoms with van der Waals surface area (Å²) in [5, 5.41) is 29.8. The van der Waals surface area contributed by atoms with E-state index in [1.807, 2.05) is 41.5 Å². The number of aliphatic hydroxyl groups excluding tert-OH is 3. The quantitative estimate of drug-likeness (QED) is 0.647. The highest BCUT2D eigenvalue weighted by Crippen LogP contribution is 2.34. The molecule has 5 nitrogen and oxygen atoms in total. The van der Waals surface area contributed by atoms with Crippen LogP contribution in [0, 0.1) is 5.41 Å². The maximum atomic E-state index is 9.97. The first-order chi connectivity index (χ1) is 7.93. The normalized spacial score (nSPS) is 38.8. The highest BCUT2D eigenvalue weighted by molar-refractivity contribution is 4.94. The van der Waals surface area contributed by atoms with E-state index < -0.39 is 36.3 Å². The van der Waals surface area contributed by atoms with Crippen molar-refractivity contribution in [2.75, 3.05) is 0 Å². The van der Waals surface area contributed by atoms with Crippen molar-refractivity contribution in [3.63, 3.8) is 0 Å². The lowest BCUT2D eigenvalue weighted by Gasteiger charge is -2.46. The summed E-state index contributed by atoms with van der Waals surface area (Å²) in [5.41, 5.74) is -0.865. The molecule has 1 heterocycles. The lowest BCUT2D eigenvalue weighted by atomic mass is 9.81. The average Bonchev–Trinajstić information content (AvgIpc) is 2.15. The maximum absolute atomic E-state index is 9.97. The first-order valence-corrected chi connectivity index (χ1v) is 6.31. The predicted octanol–water partition coefficient (Wildman–Crippen LogP) is 0.655. The van der Waals surface area contributed by atoms with Crippen molar-refractivity contribution in [1.82, 2.24) is 0 Å². The molecule has 1 saturated heterocycles. The Bertz CT molecular complexity index is 276. The summed E-state index contributed by atoms with van der Waals surface area (Å²) in [5.74, 6) is 0. The Balaban J connectivity index is 2.88. The lowest BCUT2D eigenvalue weighted by Crippen LogP contribution is -2.62. The zero-order valence-corrected chi connectivity index (χ0v) is 12.0. The Morgan fingerprint density at radius 2 is 1.33 bits per heavy atom. The minimum atomic E-state index is -1.27.